The molecule has 0 bridgehead atoms. The maximum atomic E-state index is 12.3. The molecule has 0 aliphatic rings. The average Bonchev–Trinajstić information content (AvgIpc) is 2.54. The van der Waals surface area contributed by atoms with Crippen molar-refractivity contribution < 1.29 is 4.79 Å². The summed E-state index contributed by atoms with van der Waals surface area (Å²) < 4.78 is 0. The fraction of sp³-hybridized carbons (Fsp3) is 0.389. The van der Waals surface area contributed by atoms with E-state index in [0.29, 0.717) is 28.9 Å². The van der Waals surface area contributed by atoms with Crippen LogP contribution in [0, 0.1) is 6.92 Å². The zero-order valence-electron chi connectivity index (χ0n) is 14.1. The van der Waals surface area contributed by atoms with Crippen molar-refractivity contribution >= 4 is 23.3 Å². The number of amides is 1. The minimum atomic E-state index is -0.193. The number of halogens is 1. The lowest BCUT2D eigenvalue weighted by Crippen LogP contribution is -2.27. The Morgan fingerprint density at radius 3 is 2.79 bits per heavy atom. The van der Waals surface area contributed by atoms with Gasteiger partial charge in [0.15, 0.2) is 0 Å². The first-order valence-corrected chi connectivity index (χ1v) is 8.58. The number of aromatic nitrogens is 2. The summed E-state index contributed by atoms with van der Waals surface area (Å²) in [6, 6.07) is 9.32. The van der Waals surface area contributed by atoms with Crippen LogP contribution in [0.5, 0.6) is 0 Å². The second kappa shape index (κ2) is 9.23. The summed E-state index contributed by atoms with van der Waals surface area (Å²) in [4.78, 5) is 20.8. The van der Waals surface area contributed by atoms with Crippen LogP contribution in [-0.2, 0) is 6.42 Å². The van der Waals surface area contributed by atoms with Crippen LogP contribution in [0.15, 0.2) is 30.3 Å². The number of aryl methyl sites for hydroxylation is 1. The van der Waals surface area contributed by atoms with Gasteiger partial charge in [-0.2, -0.15) is 0 Å². The molecule has 0 saturated heterocycles. The van der Waals surface area contributed by atoms with Crippen molar-refractivity contribution in [3.05, 3.63) is 52.4 Å². The second-order valence-electron chi connectivity index (χ2n) is 5.60. The molecule has 2 N–H and O–H groups in total. The number of unbranched alkanes of at least 4 members (excludes halogenated alkanes) is 1. The molecule has 5 nitrogen and oxygen atoms in total. The van der Waals surface area contributed by atoms with Gasteiger partial charge >= 0.3 is 0 Å². The standard InChI is InChI=1S/C18H23ClN4O/c1-3-4-9-20-17-12-16(22-13(2)23-17)18(24)21-10-8-14-6-5-7-15(19)11-14/h5-7,11-12H,3-4,8-10H2,1-2H3,(H,21,24)(H,20,22,23). The molecule has 0 radical (unpaired) electrons. The van der Waals surface area contributed by atoms with Crippen LogP contribution < -0.4 is 10.6 Å². The van der Waals surface area contributed by atoms with Crippen LogP contribution in [-0.4, -0.2) is 29.0 Å². The molecule has 1 heterocycles. The largest absolute Gasteiger partial charge is 0.370 e. The third-order valence-corrected chi connectivity index (χ3v) is 3.73. The second-order valence-corrected chi connectivity index (χ2v) is 6.04. The monoisotopic (exact) mass is 346 g/mol. The molecule has 0 unspecified atom stereocenters. The lowest BCUT2D eigenvalue weighted by Gasteiger charge is -2.09. The van der Waals surface area contributed by atoms with Crippen LogP contribution in [0.25, 0.3) is 0 Å². The van der Waals surface area contributed by atoms with E-state index in [9.17, 15) is 4.79 Å². The molecule has 1 aromatic heterocycles. The van der Waals surface area contributed by atoms with Gasteiger partial charge in [0.2, 0.25) is 0 Å². The molecule has 1 aromatic carbocycles. The van der Waals surface area contributed by atoms with E-state index < -0.39 is 0 Å². The number of nitrogens with zero attached hydrogens (tertiary/aromatic N) is 2. The molecule has 1 amide bonds. The highest BCUT2D eigenvalue weighted by Crippen LogP contribution is 2.11. The van der Waals surface area contributed by atoms with Gasteiger partial charge < -0.3 is 10.6 Å². The van der Waals surface area contributed by atoms with E-state index in [4.69, 9.17) is 11.6 Å². The topological polar surface area (TPSA) is 66.9 Å². The number of carbonyl (C=O) groups is 1. The summed E-state index contributed by atoms with van der Waals surface area (Å²) in [5.74, 6) is 1.08. The summed E-state index contributed by atoms with van der Waals surface area (Å²) in [5, 5.41) is 6.81. The molecule has 2 rings (SSSR count). The molecule has 6 heteroatoms. The molecular weight excluding hydrogens is 324 g/mol. The van der Waals surface area contributed by atoms with Crippen molar-refractivity contribution in [2.45, 2.75) is 33.1 Å². The summed E-state index contributed by atoms with van der Waals surface area (Å²) in [6.45, 7) is 5.28. The van der Waals surface area contributed by atoms with Gasteiger partial charge in [0.05, 0.1) is 0 Å². The molecule has 0 atom stereocenters. The van der Waals surface area contributed by atoms with E-state index in [1.807, 2.05) is 24.3 Å². The first-order valence-electron chi connectivity index (χ1n) is 8.20. The Morgan fingerprint density at radius 2 is 2.04 bits per heavy atom. The van der Waals surface area contributed by atoms with E-state index >= 15 is 0 Å². The van der Waals surface area contributed by atoms with Crippen LogP contribution in [0.3, 0.4) is 0 Å². The van der Waals surface area contributed by atoms with Crippen molar-refractivity contribution in [2.24, 2.45) is 0 Å². The predicted octanol–water partition coefficient (Wildman–Crippen LogP) is 3.62. The SMILES string of the molecule is CCCCNc1cc(C(=O)NCCc2cccc(Cl)c2)nc(C)n1. The normalized spacial score (nSPS) is 10.5. The van der Waals surface area contributed by atoms with Crippen molar-refractivity contribution in [1.29, 1.82) is 0 Å². The molecule has 24 heavy (non-hydrogen) atoms. The molecule has 0 saturated carbocycles. The quantitative estimate of drug-likeness (QED) is 0.716. The lowest BCUT2D eigenvalue weighted by molar-refractivity contribution is 0.0949. The molecule has 0 spiro atoms. The van der Waals surface area contributed by atoms with Gasteiger partial charge in [-0.3, -0.25) is 4.79 Å². The van der Waals surface area contributed by atoms with Crippen molar-refractivity contribution in [2.75, 3.05) is 18.4 Å². The zero-order valence-corrected chi connectivity index (χ0v) is 14.9. The minimum absolute atomic E-state index is 0.193. The third-order valence-electron chi connectivity index (χ3n) is 3.50. The Bertz CT molecular complexity index is 690. The number of hydrogen-bond acceptors (Lipinski definition) is 4. The van der Waals surface area contributed by atoms with Gasteiger partial charge in [-0.1, -0.05) is 37.1 Å². The lowest BCUT2D eigenvalue weighted by atomic mass is 10.1. The molecule has 128 valence electrons. The highest BCUT2D eigenvalue weighted by atomic mass is 35.5. The van der Waals surface area contributed by atoms with E-state index in [1.165, 1.54) is 0 Å². The number of nitrogens with one attached hydrogen (secondary N) is 2. The van der Waals surface area contributed by atoms with Crippen LogP contribution in [0.4, 0.5) is 5.82 Å². The summed E-state index contributed by atoms with van der Waals surface area (Å²) in [7, 11) is 0. The van der Waals surface area contributed by atoms with E-state index in [-0.39, 0.29) is 5.91 Å². The van der Waals surface area contributed by atoms with Crippen molar-refractivity contribution in [1.82, 2.24) is 15.3 Å². The van der Waals surface area contributed by atoms with Crippen LogP contribution >= 0.6 is 11.6 Å². The smallest absolute Gasteiger partial charge is 0.270 e. The Morgan fingerprint density at radius 1 is 1.21 bits per heavy atom. The average molecular weight is 347 g/mol. The third kappa shape index (κ3) is 5.81. The van der Waals surface area contributed by atoms with Gasteiger partial charge in [-0.15, -0.1) is 0 Å². The Balaban J connectivity index is 1.91. The van der Waals surface area contributed by atoms with Gasteiger partial charge in [0.25, 0.3) is 5.91 Å². The van der Waals surface area contributed by atoms with Crippen LogP contribution in [0.2, 0.25) is 5.02 Å². The fourth-order valence-corrected chi connectivity index (χ4v) is 2.48. The Labute approximate surface area is 147 Å². The van der Waals surface area contributed by atoms with Crippen molar-refractivity contribution in [3.63, 3.8) is 0 Å². The first-order chi connectivity index (χ1) is 11.6. The van der Waals surface area contributed by atoms with E-state index in [2.05, 4.69) is 27.5 Å². The number of anilines is 1. The molecule has 0 aliphatic carbocycles. The number of hydrogen-bond donors (Lipinski definition) is 2. The van der Waals surface area contributed by atoms with E-state index in [1.54, 1.807) is 13.0 Å². The maximum Gasteiger partial charge on any atom is 0.270 e. The molecule has 0 aliphatic heterocycles. The molecule has 0 fully saturated rings. The van der Waals surface area contributed by atoms with E-state index in [0.717, 1.165) is 31.4 Å². The molecular formula is C18H23ClN4O. The summed E-state index contributed by atoms with van der Waals surface area (Å²) >= 11 is 5.96. The first kappa shape index (κ1) is 18.2. The van der Waals surface area contributed by atoms with Gasteiger partial charge in [-0.05, 0) is 37.5 Å². The predicted molar refractivity (Wildman–Crippen MR) is 97.7 cm³/mol. The Kier molecular flexibility index (Phi) is 7.00. The van der Waals surface area contributed by atoms with Crippen molar-refractivity contribution in [3.8, 4) is 0 Å². The molecule has 2 aromatic rings. The highest BCUT2D eigenvalue weighted by molar-refractivity contribution is 6.30. The number of rotatable bonds is 8. The fourth-order valence-electron chi connectivity index (χ4n) is 2.27. The Hall–Kier alpha value is -2.14. The van der Waals surface area contributed by atoms with Gasteiger partial charge in [-0.25, -0.2) is 9.97 Å². The summed E-state index contributed by atoms with van der Waals surface area (Å²) in [6.07, 6.45) is 2.89. The minimum Gasteiger partial charge on any atom is -0.370 e. The number of benzene rings is 1. The van der Waals surface area contributed by atoms with Gasteiger partial charge in [0, 0.05) is 24.2 Å². The number of carbonyl (C=O) groups excluding carboxylic acids is 1. The zero-order chi connectivity index (χ0) is 17.4. The van der Waals surface area contributed by atoms with Crippen LogP contribution in [0.1, 0.15) is 41.6 Å². The highest BCUT2D eigenvalue weighted by Gasteiger charge is 2.10. The maximum absolute atomic E-state index is 12.3. The summed E-state index contributed by atoms with van der Waals surface area (Å²) in [5.41, 5.74) is 1.47. The van der Waals surface area contributed by atoms with Gasteiger partial charge in [0.1, 0.15) is 17.3 Å².